The molecule has 1 aromatic heterocycles. The minimum absolute atomic E-state index is 0.0625. The van der Waals surface area contributed by atoms with Gasteiger partial charge in [-0.25, -0.2) is 0 Å². The Kier molecular flexibility index (Phi) is 4.10. The molecule has 0 aromatic carbocycles. The first-order valence-electron chi connectivity index (χ1n) is 5.23. The van der Waals surface area contributed by atoms with E-state index in [2.05, 4.69) is 17.0 Å². The number of carbonyl (C=O) groups excluding carboxylic acids is 1. The molecule has 1 heterocycles. The smallest absolute Gasteiger partial charge is 0.241 e. The number of rotatable bonds is 5. The molecular weight excluding hydrogens is 204 g/mol. The molecule has 0 saturated heterocycles. The van der Waals surface area contributed by atoms with Crippen LogP contribution in [-0.2, 0) is 11.3 Å². The topological polar surface area (TPSA) is 72.9 Å². The van der Waals surface area contributed by atoms with Gasteiger partial charge in [-0.2, -0.15) is 5.10 Å². The van der Waals surface area contributed by atoms with Gasteiger partial charge in [0, 0.05) is 6.54 Å². The first kappa shape index (κ1) is 12.3. The molecule has 0 radical (unpaired) electrons. The summed E-state index contributed by atoms with van der Waals surface area (Å²) >= 11 is 0. The predicted octanol–water partition coefficient (Wildman–Crippen LogP) is 0.774. The molecule has 1 aromatic rings. The molecule has 1 rings (SSSR count). The second-order valence-corrected chi connectivity index (χ2v) is 3.67. The summed E-state index contributed by atoms with van der Waals surface area (Å²) in [5.74, 6) is -0.0625. The van der Waals surface area contributed by atoms with Crippen molar-refractivity contribution in [1.29, 1.82) is 0 Å². The third-order valence-corrected chi connectivity index (χ3v) is 2.40. The largest absolute Gasteiger partial charge is 0.396 e. The van der Waals surface area contributed by atoms with Crippen LogP contribution in [0.25, 0.3) is 0 Å². The maximum absolute atomic E-state index is 11.5. The predicted molar refractivity (Wildman–Crippen MR) is 63.9 cm³/mol. The van der Waals surface area contributed by atoms with Crippen LogP contribution in [0.2, 0.25) is 0 Å². The van der Waals surface area contributed by atoms with Crippen molar-refractivity contribution in [2.75, 3.05) is 12.3 Å². The number of aryl methyl sites for hydroxylation is 1. The standard InChI is InChI=1S/C11H18N4O/c1-4-5-6-13-10(16)7-15-9(3)11(12)8(2)14-15/h4H,1,5-7,12H2,2-3H3,(H,13,16). The van der Waals surface area contributed by atoms with Crippen LogP contribution in [0.1, 0.15) is 17.8 Å². The number of amides is 1. The van der Waals surface area contributed by atoms with Gasteiger partial charge in [-0.15, -0.1) is 6.58 Å². The van der Waals surface area contributed by atoms with Gasteiger partial charge in [0.05, 0.1) is 17.1 Å². The van der Waals surface area contributed by atoms with Crippen molar-refractivity contribution in [2.24, 2.45) is 0 Å². The zero-order chi connectivity index (χ0) is 12.1. The van der Waals surface area contributed by atoms with Crippen LogP contribution in [0.15, 0.2) is 12.7 Å². The Balaban J connectivity index is 2.56. The van der Waals surface area contributed by atoms with Gasteiger partial charge < -0.3 is 11.1 Å². The molecule has 0 aliphatic carbocycles. The average Bonchev–Trinajstić information content (AvgIpc) is 2.47. The number of nitrogen functional groups attached to an aromatic ring is 1. The van der Waals surface area contributed by atoms with Crippen LogP contribution < -0.4 is 11.1 Å². The minimum Gasteiger partial charge on any atom is -0.396 e. The van der Waals surface area contributed by atoms with Gasteiger partial charge >= 0.3 is 0 Å². The fourth-order valence-electron chi connectivity index (χ4n) is 1.37. The Labute approximate surface area is 95.3 Å². The lowest BCUT2D eigenvalue weighted by Gasteiger charge is -2.05. The fourth-order valence-corrected chi connectivity index (χ4v) is 1.37. The summed E-state index contributed by atoms with van der Waals surface area (Å²) in [5, 5.41) is 6.96. The van der Waals surface area contributed by atoms with Crippen molar-refractivity contribution in [2.45, 2.75) is 26.8 Å². The second kappa shape index (κ2) is 5.34. The summed E-state index contributed by atoms with van der Waals surface area (Å²) in [6, 6.07) is 0. The molecular formula is C11H18N4O. The SMILES string of the molecule is C=CCCNC(=O)Cn1nc(C)c(N)c1C. The summed E-state index contributed by atoms with van der Waals surface area (Å²) in [4.78, 5) is 11.5. The van der Waals surface area contributed by atoms with Crippen molar-refractivity contribution >= 4 is 11.6 Å². The van der Waals surface area contributed by atoms with E-state index in [0.717, 1.165) is 17.8 Å². The molecule has 1 amide bonds. The first-order valence-corrected chi connectivity index (χ1v) is 5.23. The van der Waals surface area contributed by atoms with Crippen LogP contribution in [0, 0.1) is 13.8 Å². The molecule has 0 aliphatic heterocycles. The molecule has 5 nitrogen and oxygen atoms in total. The lowest BCUT2D eigenvalue weighted by molar-refractivity contribution is -0.121. The highest BCUT2D eigenvalue weighted by Crippen LogP contribution is 2.14. The Morgan fingerprint density at radius 2 is 2.31 bits per heavy atom. The summed E-state index contributed by atoms with van der Waals surface area (Å²) in [7, 11) is 0. The van der Waals surface area contributed by atoms with Gasteiger partial charge in [-0.1, -0.05) is 6.08 Å². The van der Waals surface area contributed by atoms with Crippen LogP contribution in [0.5, 0.6) is 0 Å². The maximum atomic E-state index is 11.5. The third-order valence-electron chi connectivity index (χ3n) is 2.40. The van der Waals surface area contributed by atoms with Gasteiger partial charge in [0.15, 0.2) is 0 Å². The molecule has 0 atom stereocenters. The molecule has 0 fully saturated rings. The quantitative estimate of drug-likeness (QED) is 0.571. The molecule has 5 heteroatoms. The number of hydrogen-bond acceptors (Lipinski definition) is 3. The number of nitrogens with one attached hydrogen (secondary N) is 1. The van der Waals surface area contributed by atoms with E-state index in [4.69, 9.17) is 5.73 Å². The summed E-state index contributed by atoms with van der Waals surface area (Å²) < 4.78 is 1.62. The molecule has 0 unspecified atom stereocenters. The van der Waals surface area contributed by atoms with E-state index >= 15 is 0 Å². The van der Waals surface area contributed by atoms with Crippen molar-refractivity contribution in [3.05, 3.63) is 24.0 Å². The Morgan fingerprint density at radius 3 is 2.81 bits per heavy atom. The van der Waals surface area contributed by atoms with Crippen molar-refractivity contribution in [1.82, 2.24) is 15.1 Å². The number of carbonyl (C=O) groups is 1. The highest BCUT2D eigenvalue weighted by molar-refractivity contribution is 5.75. The van der Waals surface area contributed by atoms with Gasteiger partial charge in [-0.05, 0) is 20.3 Å². The number of hydrogen-bond donors (Lipinski definition) is 2. The molecule has 0 spiro atoms. The molecule has 0 aliphatic rings. The lowest BCUT2D eigenvalue weighted by Crippen LogP contribution is -2.29. The van der Waals surface area contributed by atoms with Crippen molar-refractivity contribution < 1.29 is 4.79 Å². The van der Waals surface area contributed by atoms with Crippen LogP contribution >= 0.6 is 0 Å². The first-order chi connectivity index (χ1) is 7.56. The number of nitrogens with zero attached hydrogens (tertiary/aromatic N) is 2. The summed E-state index contributed by atoms with van der Waals surface area (Å²) in [6.07, 6.45) is 2.53. The van der Waals surface area contributed by atoms with Crippen LogP contribution in [0.4, 0.5) is 5.69 Å². The average molecular weight is 222 g/mol. The molecule has 3 N–H and O–H groups in total. The Hall–Kier alpha value is -1.78. The highest BCUT2D eigenvalue weighted by atomic mass is 16.2. The van der Waals surface area contributed by atoms with E-state index in [1.807, 2.05) is 13.8 Å². The number of anilines is 1. The van der Waals surface area contributed by atoms with E-state index in [1.54, 1.807) is 10.8 Å². The van der Waals surface area contributed by atoms with Gasteiger partial charge in [0.1, 0.15) is 6.54 Å². The van der Waals surface area contributed by atoms with Gasteiger partial charge in [-0.3, -0.25) is 9.48 Å². The Morgan fingerprint density at radius 1 is 1.62 bits per heavy atom. The lowest BCUT2D eigenvalue weighted by atomic mass is 10.3. The zero-order valence-electron chi connectivity index (χ0n) is 9.79. The molecule has 88 valence electrons. The number of aromatic nitrogens is 2. The van der Waals surface area contributed by atoms with E-state index in [0.29, 0.717) is 12.2 Å². The van der Waals surface area contributed by atoms with E-state index in [9.17, 15) is 4.79 Å². The minimum atomic E-state index is -0.0625. The van der Waals surface area contributed by atoms with Crippen molar-refractivity contribution in [3.8, 4) is 0 Å². The molecule has 0 saturated carbocycles. The monoisotopic (exact) mass is 222 g/mol. The second-order valence-electron chi connectivity index (χ2n) is 3.67. The Bertz CT molecular complexity index is 395. The molecule has 16 heavy (non-hydrogen) atoms. The van der Waals surface area contributed by atoms with Crippen LogP contribution in [0.3, 0.4) is 0 Å². The van der Waals surface area contributed by atoms with Crippen LogP contribution in [-0.4, -0.2) is 22.2 Å². The van der Waals surface area contributed by atoms with E-state index in [-0.39, 0.29) is 12.5 Å². The normalized spacial score (nSPS) is 10.1. The summed E-state index contributed by atoms with van der Waals surface area (Å²) in [5.41, 5.74) is 8.01. The van der Waals surface area contributed by atoms with Gasteiger partial charge in [0.25, 0.3) is 0 Å². The maximum Gasteiger partial charge on any atom is 0.241 e. The molecule has 0 bridgehead atoms. The fraction of sp³-hybridized carbons (Fsp3) is 0.455. The van der Waals surface area contributed by atoms with E-state index < -0.39 is 0 Å². The van der Waals surface area contributed by atoms with Crippen molar-refractivity contribution in [3.63, 3.8) is 0 Å². The van der Waals surface area contributed by atoms with E-state index in [1.165, 1.54) is 0 Å². The van der Waals surface area contributed by atoms with Gasteiger partial charge in [0.2, 0.25) is 5.91 Å². The highest BCUT2D eigenvalue weighted by Gasteiger charge is 2.10. The number of nitrogens with two attached hydrogens (primary N) is 1. The third kappa shape index (κ3) is 2.85. The zero-order valence-corrected chi connectivity index (χ0v) is 9.79. The summed E-state index contributed by atoms with van der Waals surface area (Å²) in [6.45, 7) is 8.08.